The van der Waals surface area contributed by atoms with Crippen LogP contribution in [0.15, 0.2) is 0 Å². The number of aliphatic hydroxyl groups is 1. The molecule has 0 radical (unpaired) electrons. The van der Waals surface area contributed by atoms with E-state index < -0.39 is 0 Å². The van der Waals surface area contributed by atoms with Gasteiger partial charge in [0.25, 0.3) is 0 Å². The topological polar surface area (TPSA) is 53.5 Å². The van der Waals surface area contributed by atoms with E-state index in [4.69, 9.17) is 4.74 Å². The van der Waals surface area contributed by atoms with Gasteiger partial charge in [-0.3, -0.25) is 0 Å². The van der Waals surface area contributed by atoms with Crippen LogP contribution in [0.4, 0.5) is 0 Å². The van der Waals surface area contributed by atoms with Crippen LogP contribution in [0.25, 0.3) is 0 Å². The molecule has 1 saturated heterocycles. The van der Waals surface area contributed by atoms with E-state index in [0.29, 0.717) is 6.61 Å². The molecule has 4 nitrogen and oxygen atoms in total. The number of aliphatic hydroxyl groups excluding tert-OH is 1. The molecule has 0 aromatic rings. The van der Waals surface area contributed by atoms with Crippen molar-refractivity contribution in [2.45, 2.75) is 18.4 Å². The zero-order valence-electron chi connectivity index (χ0n) is 8.31. The van der Waals surface area contributed by atoms with E-state index in [-0.39, 0.29) is 12.1 Å². The Morgan fingerprint density at radius 2 is 2.15 bits per heavy atom. The normalized spacial score (nSPS) is 21.7. The predicted molar refractivity (Wildman–Crippen MR) is 51.8 cm³/mol. The third-order valence-corrected chi connectivity index (χ3v) is 2.67. The van der Waals surface area contributed by atoms with Gasteiger partial charge in [0.2, 0.25) is 0 Å². The van der Waals surface area contributed by atoms with Crippen LogP contribution >= 0.6 is 0 Å². The average Bonchev–Trinajstić information content (AvgIpc) is 2.20. The molecule has 1 aliphatic heterocycles. The Morgan fingerprint density at radius 3 is 2.69 bits per heavy atom. The number of rotatable bonds is 5. The van der Waals surface area contributed by atoms with Gasteiger partial charge in [-0.2, -0.15) is 0 Å². The van der Waals surface area contributed by atoms with Crippen molar-refractivity contribution in [1.82, 2.24) is 10.6 Å². The Hall–Kier alpha value is -0.160. The molecule has 0 bridgehead atoms. The monoisotopic (exact) mass is 188 g/mol. The third-order valence-electron chi connectivity index (χ3n) is 2.67. The lowest BCUT2D eigenvalue weighted by Gasteiger charge is -2.37. The Morgan fingerprint density at radius 1 is 1.46 bits per heavy atom. The molecule has 78 valence electrons. The zero-order chi connectivity index (χ0) is 9.57. The van der Waals surface area contributed by atoms with Gasteiger partial charge < -0.3 is 20.5 Å². The van der Waals surface area contributed by atoms with Crippen molar-refractivity contribution < 1.29 is 9.84 Å². The molecule has 0 atom stereocenters. The Labute approximate surface area is 79.7 Å². The highest BCUT2D eigenvalue weighted by Gasteiger charge is 2.30. The molecule has 13 heavy (non-hydrogen) atoms. The fourth-order valence-corrected chi connectivity index (χ4v) is 1.71. The van der Waals surface area contributed by atoms with Gasteiger partial charge in [-0.05, 0) is 25.9 Å². The first-order valence-corrected chi connectivity index (χ1v) is 4.88. The smallest absolute Gasteiger partial charge is 0.0614 e. The standard InChI is InChI=1S/C9H20N2O2/c1-13-7-6-11-9(8-12)2-4-10-5-3-9/h10-12H,2-8H2,1H3. The van der Waals surface area contributed by atoms with E-state index in [1.165, 1.54) is 0 Å². The SMILES string of the molecule is COCCNC1(CO)CCNCC1. The van der Waals surface area contributed by atoms with Crippen molar-refractivity contribution in [3.8, 4) is 0 Å². The molecule has 0 amide bonds. The summed E-state index contributed by atoms with van der Waals surface area (Å²) in [6.07, 6.45) is 1.99. The fraction of sp³-hybridized carbons (Fsp3) is 1.00. The summed E-state index contributed by atoms with van der Waals surface area (Å²) in [6.45, 7) is 3.71. The minimum absolute atomic E-state index is 0.0657. The van der Waals surface area contributed by atoms with E-state index >= 15 is 0 Å². The van der Waals surface area contributed by atoms with Crippen molar-refractivity contribution in [3.63, 3.8) is 0 Å². The lowest BCUT2D eigenvalue weighted by atomic mass is 9.89. The van der Waals surface area contributed by atoms with Crippen molar-refractivity contribution in [3.05, 3.63) is 0 Å². The summed E-state index contributed by atoms with van der Waals surface area (Å²) in [4.78, 5) is 0. The summed E-state index contributed by atoms with van der Waals surface area (Å²) in [6, 6.07) is 0. The molecule has 1 heterocycles. The maximum absolute atomic E-state index is 9.31. The second-order valence-electron chi connectivity index (χ2n) is 3.61. The highest BCUT2D eigenvalue weighted by atomic mass is 16.5. The van der Waals surface area contributed by atoms with Crippen LogP contribution in [0.5, 0.6) is 0 Å². The number of piperidine rings is 1. The lowest BCUT2D eigenvalue weighted by Crippen LogP contribution is -2.55. The van der Waals surface area contributed by atoms with E-state index in [0.717, 1.165) is 32.5 Å². The Kier molecular flexibility index (Phi) is 4.66. The molecule has 0 spiro atoms. The van der Waals surface area contributed by atoms with Crippen LogP contribution < -0.4 is 10.6 Å². The van der Waals surface area contributed by atoms with Crippen LogP contribution in [0.1, 0.15) is 12.8 Å². The minimum Gasteiger partial charge on any atom is -0.394 e. The van der Waals surface area contributed by atoms with Crippen LogP contribution in [0.3, 0.4) is 0 Å². The number of nitrogens with one attached hydrogen (secondary N) is 2. The van der Waals surface area contributed by atoms with Gasteiger partial charge >= 0.3 is 0 Å². The summed E-state index contributed by atoms with van der Waals surface area (Å²) in [7, 11) is 1.69. The molecule has 1 aliphatic rings. The highest BCUT2D eigenvalue weighted by Crippen LogP contribution is 2.16. The van der Waals surface area contributed by atoms with Crippen molar-refractivity contribution in [2.24, 2.45) is 0 Å². The van der Waals surface area contributed by atoms with Gasteiger partial charge in [0, 0.05) is 19.2 Å². The van der Waals surface area contributed by atoms with Gasteiger partial charge in [0.1, 0.15) is 0 Å². The van der Waals surface area contributed by atoms with E-state index in [1.54, 1.807) is 7.11 Å². The summed E-state index contributed by atoms with van der Waals surface area (Å²) in [5.74, 6) is 0. The van der Waals surface area contributed by atoms with Gasteiger partial charge in [0.05, 0.1) is 13.2 Å². The molecule has 1 rings (SSSR count). The number of hydrogen-bond donors (Lipinski definition) is 3. The van der Waals surface area contributed by atoms with E-state index in [9.17, 15) is 5.11 Å². The van der Waals surface area contributed by atoms with Crippen molar-refractivity contribution in [1.29, 1.82) is 0 Å². The molecule has 4 heteroatoms. The zero-order valence-corrected chi connectivity index (χ0v) is 8.31. The molecule has 1 fully saturated rings. The average molecular weight is 188 g/mol. The minimum atomic E-state index is -0.0657. The quantitative estimate of drug-likeness (QED) is 0.501. The van der Waals surface area contributed by atoms with Gasteiger partial charge in [-0.1, -0.05) is 0 Å². The van der Waals surface area contributed by atoms with Crippen molar-refractivity contribution >= 4 is 0 Å². The molecule has 0 unspecified atom stereocenters. The second kappa shape index (κ2) is 5.54. The number of methoxy groups -OCH3 is 1. The summed E-state index contributed by atoms with van der Waals surface area (Å²) >= 11 is 0. The van der Waals surface area contributed by atoms with Crippen LogP contribution in [0, 0.1) is 0 Å². The van der Waals surface area contributed by atoms with Gasteiger partial charge in [-0.25, -0.2) is 0 Å². The van der Waals surface area contributed by atoms with E-state index in [2.05, 4.69) is 10.6 Å². The maximum Gasteiger partial charge on any atom is 0.0614 e. The summed E-state index contributed by atoms with van der Waals surface area (Å²) < 4.78 is 4.96. The molecule has 0 aromatic heterocycles. The molecular weight excluding hydrogens is 168 g/mol. The number of ether oxygens (including phenoxy) is 1. The summed E-state index contributed by atoms with van der Waals surface area (Å²) in [5, 5.41) is 16.0. The molecule has 0 saturated carbocycles. The Balaban J connectivity index is 2.29. The van der Waals surface area contributed by atoms with Gasteiger partial charge in [-0.15, -0.1) is 0 Å². The number of hydrogen-bond acceptors (Lipinski definition) is 4. The third kappa shape index (κ3) is 3.23. The first-order chi connectivity index (χ1) is 6.33. The lowest BCUT2D eigenvalue weighted by molar-refractivity contribution is 0.112. The van der Waals surface area contributed by atoms with Crippen LogP contribution in [-0.2, 0) is 4.74 Å². The fourth-order valence-electron chi connectivity index (χ4n) is 1.71. The van der Waals surface area contributed by atoms with Gasteiger partial charge in [0.15, 0.2) is 0 Å². The van der Waals surface area contributed by atoms with Crippen LogP contribution in [-0.4, -0.2) is 50.6 Å². The first-order valence-electron chi connectivity index (χ1n) is 4.88. The molecule has 3 N–H and O–H groups in total. The second-order valence-corrected chi connectivity index (χ2v) is 3.61. The largest absolute Gasteiger partial charge is 0.394 e. The summed E-state index contributed by atoms with van der Waals surface area (Å²) in [5.41, 5.74) is -0.0657. The predicted octanol–water partition coefficient (Wildman–Crippen LogP) is -0.663. The van der Waals surface area contributed by atoms with Crippen LogP contribution in [0.2, 0.25) is 0 Å². The highest BCUT2D eigenvalue weighted by molar-refractivity contribution is 4.91. The Bertz CT molecular complexity index is 136. The molecular formula is C9H20N2O2. The maximum atomic E-state index is 9.31. The van der Waals surface area contributed by atoms with Crippen molar-refractivity contribution in [2.75, 3.05) is 40.0 Å². The first kappa shape index (κ1) is 10.9. The molecule has 0 aromatic carbocycles. The molecule has 0 aliphatic carbocycles. The van der Waals surface area contributed by atoms with E-state index in [1.807, 2.05) is 0 Å².